The molecule has 0 atom stereocenters. The van der Waals surface area contributed by atoms with Crippen molar-refractivity contribution in [2.75, 3.05) is 5.32 Å². The van der Waals surface area contributed by atoms with Crippen LogP contribution in [-0.4, -0.2) is 11.7 Å². The zero-order valence-electron chi connectivity index (χ0n) is 10.0. The molecular weight excluding hydrogens is 252 g/mol. The molecule has 0 radical (unpaired) electrons. The van der Waals surface area contributed by atoms with Crippen LogP contribution < -0.4 is 10.1 Å². The van der Waals surface area contributed by atoms with Crippen LogP contribution >= 0.6 is 0 Å². The van der Waals surface area contributed by atoms with E-state index in [1.807, 2.05) is 0 Å². The molecule has 0 saturated carbocycles. The summed E-state index contributed by atoms with van der Waals surface area (Å²) in [5.41, 5.74) is 1.81. The minimum atomic E-state index is -2.80. The highest BCUT2D eigenvalue weighted by Crippen LogP contribution is 2.17. The third-order valence-corrected chi connectivity index (χ3v) is 2.51. The van der Waals surface area contributed by atoms with Crippen LogP contribution in [0.1, 0.15) is 5.56 Å². The van der Waals surface area contributed by atoms with Crippen LogP contribution in [0.3, 0.4) is 0 Å². The molecule has 3 nitrogen and oxygen atoms in total. The van der Waals surface area contributed by atoms with Gasteiger partial charge in [-0.05, 0) is 42.0 Å². The lowest BCUT2D eigenvalue weighted by atomic mass is 10.2. The minimum absolute atomic E-state index is 0.142. The van der Waals surface area contributed by atoms with Crippen molar-refractivity contribution in [2.24, 2.45) is 0 Å². The molecule has 0 heterocycles. The molecule has 2 aromatic carbocycles. The molecule has 0 aliphatic carbocycles. The molecule has 0 amide bonds. The number of nitrogens with one attached hydrogen (secondary N) is 1. The predicted molar refractivity (Wildman–Crippen MR) is 68.5 cm³/mol. The second-order valence-corrected chi connectivity index (χ2v) is 3.92. The maximum atomic E-state index is 12.0. The molecule has 2 N–H and O–H groups in total. The Bertz CT molecular complexity index is 512. The highest BCUT2D eigenvalue weighted by Gasteiger charge is 2.03. The maximum Gasteiger partial charge on any atom is 0.387 e. The molecule has 0 aliphatic rings. The Hall–Kier alpha value is -2.30. The number of phenolic OH excluding ortho intramolecular Hbond substituents is 1. The SMILES string of the molecule is Oc1ccc(NCc2ccc(OC(F)F)cc2)cc1. The Balaban J connectivity index is 1.91. The van der Waals surface area contributed by atoms with Gasteiger partial charge in [-0.1, -0.05) is 12.1 Å². The number of phenols is 1. The molecule has 0 spiro atoms. The predicted octanol–water partition coefficient (Wildman–Crippen LogP) is 3.61. The second kappa shape index (κ2) is 6.04. The van der Waals surface area contributed by atoms with Crippen LogP contribution in [0.5, 0.6) is 11.5 Å². The number of hydrogen-bond acceptors (Lipinski definition) is 3. The molecule has 0 saturated heterocycles. The summed E-state index contributed by atoms with van der Waals surface area (Å²) in [6.45, 7) is -2.25. The molecule has 0 bridgehead atoms. The van der Waals surface area contributed by atoms with Crippen LogP contribution in [0.15, 0.2) is 48.5 Å². The van der Waals surface area contributed by atoms with Crippen molar-refractivity contribution in [3.05, 3.63) is 54.1 Å². The average Bonchev–Trinajstić information content (AvgIpc) is 2.39. The highest BCUT2D eigenvalue weighted by molar-refractivity contribution is 5.46. The maximum absolute atomic E-state index is 12.0. The quantitative estimate of drug-likeness (QED) is 0.811. The summed E-state index contributed by atoms with van der Waals surface area (Å²) in [4.78, 5) is 0. The summed E-state index contributed by atoms with van der Waals surface area (Å²) in [6, 6.07) is 13.1. The zero-order valence-corrected chi connectivity index (χ0v) is 10.0. The van der Waals surface area contributed by atoms with Gasteiger partial charge in [0.15, 0.2) is 0 Å². The lowest BCUT2D eigenvalue weighted by Gasteiger charge is -2.08. The smallest absolute Gasteiger partial charge is 0.387 e. The van der Waals surface area contributed by atoms with Gasteiger partial charge in [0.2, 0.25) is 0 Å². The van der Waals surface area contributed by atoms with E-state index in [-0.39, 0.29) is 11.5 Å². The third-order valence-electron chi connectivity index (χ3n) is 2.51. The van der Waals surface area contributed by atoms with Crippen LogP contribution in [0, 0.1) is 0 Å². The van der Waals surface area contributed by atoms with Gasteiger partial charge in [0.05, 0.1) is 0 Å². The van der Waals surface area contributed by atoms with Crippen molar-refractivity contribution < 1.29 is 18.6 Å². The first-order valence-electron chi connectivity index (χ1n) is 5.70. The van der Waals surface area contributed by atoms with Gasteiger partial charge < -0.3 is 15.2 Å². The number of rotatable bonds is 5. The van der Waals surface area contributed by atoms with Gasteiger partial charge in [-0.15, -0.1) is 0 Å². The van der Waals surface area contributed by atoms with Gasteiger partial charge >= 0.3 is 6.61 Å². The molecule has 0 aromatic heterocycles. The molecule has 0 fully saturated rings. The fourth-order valence-electron chi connectivity index (χ4n) is 1.57. The second-order valence-electron chi connectivity index (χ2n) is 3.92. The standard InChI is InChI=1S/C14H13F2NO2/c15-14(16)19-13-7-1-10(2-8-13)9-17-11-3-5-12(18)6-4-11/h1-8,14,17-18H,9H2. The Kier molecular flexibility index (Phi) is 4.18. The first-order valence-corrected chi connectivity index (χ1v) is 5.70. The summed E-state index contributed by atoms with van der Waals surface area (Å²) in [6.07, 6.45) is 0. The lowest BCUT2D eigenvalue weighted by Crippen LogP contribution is -2.02. The van der Waals surface area contributed by atoms with Crippen LogP contribution in [0.2, 0.25) is 0 Å². The summed E-state index contributed by atoms with van der Waals surface area (Å²) < 4.78 is 28.2. The fraction of sp³-hybridized carbons (Fsp3) is 0.143. The largest absolute Gasteiger partial charge is 0.508 e. The van der Waals surface area contributed by atoms with Crippen molar-refractivity contribution in [1.29, 1.82) is 0 Å². The van der Waals surface area contributed by atoms with Crippen LogP contribution in [-0.2, 0) is 6.54 Å². The molecule has 19 heavy (non-hydrogen) atoms. The van der Waals surface area contributed by atoms with Gasteiger partial charge in [-0.25, -0.2) is 0 Å². The molecule has 0 unspecified atom stereocenters. The topological polar surface area (TPSA) is 41.5 Å². The first kappa shape index (κ1) is 13.1. The number of hydrogen-bond donors (Lipinski definition) is 2. The van der Waals surface area contributed by atoms with E-state index >= 15 is 0 Å². The molecular formula is C14H13F2NO2. The van der Waals surface area contributed by atoms with Crippen molar-refractivity contribution in [3.63, 3.8) is 0 Å². The Morgan fingerprint density at radius 3 is 2.21 bits per heavy atom. The first-order chi connectivity index (χ1) is 9.13. The molecule has 100 valence electrons. The number of anilines is 1. The Morgan fingerprint density at radius 2 is 1.63 bits per heavy atom. The number of halogens is 2. The normalized spacial score (nSPS) is 10.5. The van der Waals surface area contributed by atoms with Gasteiger partial charge in [0.25, 0.3) is 0 Å². The average molecular weight is 265 g/mol. The van der Waals surface area contributed by atoms with E-state index in [0.717, 1.165) is 11.3 Å². The molecule has 5 heteroatoms. The van der Waals surface area contributed by atoms with Gasteiger partial charge in [-0.3, -0.25) is 0 Å². The minimum Gasteiger partial charge on any atom is -0.508 e. The van der Waals surface area contributed by atoms with E-state index in [1.54, 1.807) is 36.4 Å². The van der Waals surface area contributed by atoms with E-state index in [2.05, 4.69) is 10.1 Å². The third kappa shape index (κ3) is 4.13. The summed E-state index contributed by atoms with van der Waals surface area (Å²) in [5.74, 6) is 0.349. The van der Waals surface area contributed by atoms with Crippen LogP contribution in [0.25, 0.3) is 0 Å². The van der Waals surface area contributed by atoms with Crippen molar-refractivity contribution >= 4 is 5.69 Å². The van der Waals surface area contributed by atoms with Gasteiger partial charge in [-0.2, -0.15) is 8.78 Å². The van der Waals surface area contributed by atoms with Crippen molar-refractivity contribution in [3.8, 4) is 11.5 Å². The van der Waals surface area contributed by atoms with E-state index in [0.29, 0.717) is 6.54 Å². The van der Waals surface area contributed by atoms with Crippen LogP contribution in [0.4, 0.5) is 14.5 Å². The Labute approximate surface area is 109 Å². The number of benzene rings is 2. The summed E-state index contributed by atoms with van der Waals surface area (Å²) >= 11 is 0. The fourth-order valence-corrected chi connectivity index (χ4v) is 1.57. The Morgan fingerprint density at radius 1 is 1.00 bits per heavy atom. The zero-order chi connectivity index (χ0) is 13.7. The van der Waals surface area contributed by atoms with E-state index < -0.39 is 6.61 Å². The van der Waals surface area contributed by atoms with Gasteiger partial charge in [0.1, 0.15) is 11.5 Å². The van der Waals surface area contributed by atoms with E-state index in [1.165, 1.54) is 12.1 Å². The monoisotopic (exact) mass is 265 g/mol. The van der Waals surface area contributed by atoms with Crippen molar-refractivity contribution in [2.45, 2.75) is 13.2 Å². The number of aromatic hydroxyl groups is 1. The van der Waals surface area contributed by atoms with Crippen molar-refractivity contribution in [1.82, 2.24) is 0 Å². The molecule has 0 aliphatic heterocycles. The number of alkyl halides is 2. The van der Waals surface area contributed by atoms with Gasteiger partial charge in [0, 0.05) is 12.2 Å². The summed E-state index contributed by atoms with van der Waals surface area (Å²) in [5, 5.41) is 12.3. The van der Waals surface area contributed by atoms with E-state index in [9.17, 15) is 8.78 Å². The molecule has 2 aromatic rings. The number of ether oxygens (including phenoxy) is 1. The molecule has 2 rings (SSSR count). The highest BCUT2D eigenvalue weighted by atomic mass is 19.3. The van der Waals surface area contributed by atoms with E-state index in [4.69, 9.17) is 5.11 Å². The summed E-state index contributed by atoms with van der Waals surface area (Å²) in [7, 11) is 0. The lowest BCUT2D eigenvalue weighted by molar-refractivity contribution is -0.0498.